The van der Waals surface area contributed by atoms with Crippen molar-refractivity contribution in [1.29, 1.82) is 0 Å². The SMILES string of the molecule is Cc1cc(CN2CCN(c3ccc4ncnc(OCC5CC5)c4c3)CC2)no1. The molecule has 0 amide bonds. The van der Waals surface area contributed by atoms with Gasteiger partial charge in [-0.2, -0.15) is 0 Å². The van der Waals surface area contributed by atoms with Crippen molar-refractivity contribution in [3.05, 3.63) is 42.0 Å². The Balaban J connectivity index is 1.27. The van der Waals surface area contributed by atoms with E-state index in [9.17, 15) is 0 Å². The van der Waals surface area contributed by atoms with Crippen molar-refractivity contribution in [1.82, 2.24) is 20.0 Å². The highest BCUT2D eigenvalue weighted by molar-refractivity contribution is 5.86. The van der Waals surface area contributed by atoms with Crippen LogP contribution in [0.1, 0.15) is 24.3 Å². The number of nitrogens with zero attached hydrogens (tertiary/aromatic N) is 5. The Kier molecular flexibility index (Phi) is 4.60. The Bertz CT molecular complexity index is 960. The fraction of sp³-hybridized carbons (Fsp3) is 0.476. The third-order valence-corrected chi connectivity index (χ3v) is 5.53. The van der Waals surface area contributed by atoms with Gasteiger partial charge in [-0.05, 0) is 43.9 Å². The molecule has 3 aromatic rings. The number of fused-ring (bicyclic) bond motifs is 1. The second kappa shape index (κ2) is 7.39. The van der Waals surface area contributed by atoms with Crippen LogP contribution < -0.4 is 9.64 Å². The van der Waals surface area contributed by atoms with Crippen LogP contribution in [-0.2, 0) is 6.54 Å². The summed E-state index contributed by atoms with van der Waals surface area (Å²) < 4.78 is 11.2. The van der Waals surface area contributed by atoms with E-state index in [1.807, 2.05) is 13.0 Å². The van der Waals surface area contributed by atoms with Crippen LogP contribution >= 0.6 is 0 Å². The van der Waals surface area contributed by atoms with Crippen molar-refractivity contribution < 1.29 is 9.26 Å². The Morgan fingerprint density at radius 1 is 1.11 bits per heavy atom. The standard InChI is InChI=1S/C21H25N5O2/c1-15-10-17(24-28-15)12-25-6-8-26(9-7-25)18-4-5-20-19(11-18)21(23-14-22-20)27-13-16-2-3-16/h4-5,10-11,14,16H,2-3,6-9,12-13H2,1H3. The Labute approximate surface area is 164 Å². The number of ether oxygens (including phenoxy) is 1. The van der Waals surface area contributed by atoms with Gasteiger partial charge in [0.2, 0.25) is 5.88 Å². The maximum absolute atomic E-state index is 5.98. The van der Waals surface area contributed by atoms with Crippen LogP contribution in [0.4, 0.5) is 5.69 Å². The lowest BCUT2D eigenvalue weighted by atomic mass is 10.2. The first-order valence-electron chi connectivity index (χ1n) is 10.0. The van der Waals surface area contributed by atoms with E-state index in [-0.39, 0.29) is 0 Å². The highest BCUT2D eigenvalue weighted by Crippen LogP contribution is 2.32. The zero-order chi connectivity index (χ0) is 18.9. The van der Waals surface area contributed by atoms with Gasteiger partial charge in [0.25, 0.3) is 0 Å². The maximum Gasteiger partial charge on any atom is 0.224 e. The highest BCUT2D eigenvalue weighted by atomic mass is 16.5. The second-order valence-electron chi connectivity index (χ2n) is 7.83. The molecule has 1 aliphatic heterocycles. The zero-order valence-corrected chi connectivity index (χ0v) is 16.2. The van der Waals surface area contributed by atoms with E-state index in [0.717, 1.165) is 61.7 Å². The van der Waals surface area contributed by atoms with E-state index in [4.69, 9.17) is 9.26 Å². The largest absolute Gasteiger partial charge is 0.477 e. The topological polar surface area (TPSA) is 67.5 Å². The maximum atomic E-state index is 5.98. The van der Waals surface area contributed by atoms with Gasteiger partial charge in [-0.3, -0.25) is 4.90 Å². The Hall–Kier alpha value is -2.67. The second-order valence-corrected chi connectivity index (χ2v) is 7.83. The van der Waals surface area contributed by atoms with Crippen molar-refractivity contribution in [2.24, 2.45) is 5.92 Å². The van der Waals surface area contributed by atoms with Gasteiger partial charge in [-0.15, -0.1) is 0 Å². The van der Waals surface area contributed by atoms with Crippen LogP contribution in [-0.4, -0.2) is 52.8 Å². The van der Waals surface area contributed by atoms with Crippen molar-refractivity contribution in [3.63, 3.8) is 0 Å². The van der Waals surface area contributed by atoms with Crippen molar-refractivity contribution in [2.75, 3.05) is 37.7 Å². The van der Waals surface area contributed by atoms with Crippen LogP contribution in [0, 0.1) is 12.8 Å². The molecule has 0 unspecified atom stereocenters. The fourth-order valence-corrected chi connectivity index (χ4v) is 3.70. The normalized spacial score (nSPS) is 18.0. The molecule has 5 rings (SSSR count). The van der Waals surface area contributed by atoms with Gasteiger partial charge in [0.1, 0.15) is 12.1 Å². The predicted molar refractivity (Wildman–Crippen MR) is 106 cm³/mol. The van der Waals surface area contributed by atoms with Crippen molar-refractivity contribution in [2.45, 2.75) is 26.3 Å². The lowest BCUT2D eigenvalue weighted by Crippen LogP contribution is -2.46. The molecule has 2 fully saturated rings. The molecule has 0 spiro atoms. The molecule has 28 heavy (non-hydrogen) atoms. The average molecular weight is 379 g/mol. The van der Waals surface area contributed by atoms with Crippen LogP contribution in [0.15, 0.2) is 35.1 Å². The lowest BCUT2D eigenvalue weighted by Gasteiger charge is -2.35. The number of hydrogen-bond acceptors (Lipinski definition) is 7. The van der Waals surface area contributed by atoms with E-state index in [2.05, 4.69) is 43.1 Å². The van der Waals surface area contributed by atoms with Crippen LogP contribution in [0.25, 0.3) is 10.9 Å². The molecule has 2 aliphatic rings. The molecule has 1 aliphatic carbocycles. The molecule has 0 N–H and O–H groups in total. The van der Waals surface area contributed by atoms with E-state index in [1.54, 1.807) is 6.33 Å². The van der Waals surface area contributed by atoms with Crippen LogP contribution in [0.5, 0.6) is 5.88 Å². The summed E-state index contributed by atoms with van der Waals surface area (Å²) in [7, 11) is 0. The van der Waals surface area contributed by atoms with Gasteiger partial charge < -0.3 is 14.2 Å². The van der Waals surface area contributed by atoms with E-state index in [1.165, 1.54) is 18.5 Å². The van der Waals surface area contributed by atoms with Gasteiger partial charge >= 0.3 is 0 Å². The van der Waals surface area contributed by atoms with Crippen molar-refractivity contribution in [3.8, 4) is 5.88 Å². The Morgan fingerprint density at radius 3 is 2.71 bits per heavy atom. The molecule has 7 nitrogen and oxygen atoms in total. The summed E-state index contributed by atoms with van der Waals surface area (Å²) in [6.07, 6.45) is 4.13. The zero-order valence-electron chi connectivity index (χ0n) is 16.2. The molecule has 3 heterocycles. The van der Waals surface area contributed by atoms with Gasteiger partial charge in [-0.1, -0.05) is 5.16 Å². The minimum atomic E-state index is 0.703. The molecule has 146 valence electrons. The third-order valence-electron chi connectivity index (χ3n) is 5.53. The van der Waals surface area contributed by atoms with E-state index >= 15 is 0 Å². The highest BCUT2D eigenvalue weighted by Gasteiger charge is 2.23. The van der Waals surface area contributed by atoms with Crippen LogP contribution in [0.3, 0.4) is 0 Å². The average Bonchev–Trinajstić information content (AvgIpc) is 3.47. The number of piperazine rings is 1. The van der Waals surface area contributed by atoms with E-state index < -0.39 is 0 Å². The lowest BCUT2D eigenvalue weighted by molar-refractivity contribution is 0.242. The number of aryl methyl sites for hydroxylation is 1. The monoisotopic (exact) mass is 379 g/mol. The van der Waals surface area contributed by atoms with E-state index in [0.29, 0.717) is 11.8 Å². The number of rotatable bonds is 6. The summed E-state index contributed by atoms with van der Waals surface area (Å²) in [6.45, 7) is 7.50. The molecular weight excluding hydrogens is 354 g/mol. The summed E-state index contributed by atoms with van der Waals surface area (Å²) in [4.78, 5) is 13.6. The molecule has 1 aromatic carbocycles. The minimum Gasteiger partial charge on any atom is -0.477 e. The van der Waals surface area contributed by atoms with Gasteiger partial charge in [0.05, 0.1) is 23.2 Å². The summed E-state index contributed by atoms with van der Waals surface area (Å²) in [6, 6.07) is 8.41. The van der Waals surface area contributed by atoms with Gasteiger partial charge in [0, 0.05) is 44.5 Å². The third kappa shape index (κ3) is 3.80. The minimum absolute atomic E-state index is 0.703. The number of aromatic nitrogens is 3. The summed E-state index contributed by atoms with van der Waals surface area (Å²) in [5, 5.41) is 5.11. The first-order valence-corrected chi connectivity index (χ1v) is 10.0. The van der Waals surface area contributed by atoms with Crippen LogP contribution in [0.2, 0.25) is 0 Å². The Morgan fingerprint density at radius 2 is 1.96 bits per heavy atom. The molecular formula is C21H25N5O2. The molecule has 2 aromatic heterocycles. The smallest absolute Gasteiger partial charge is 0.224 e. The number of hydrogen-bond donors (Lipinski definition) is 0. The quantitative estimate of drug-likeness (QED) is 0.652. The summed E-state index contributed by atoms with van der Waals surface area (Å²) in [5.74, 6) is 2.28. The van der Waals surface area contributed by atoms with Gasteiger partial charge in [-0.25, -0.2) is 9.97 Å². The molecule has 0 radical (unpaired) electrons. The summed E-state index contributed by atoms with van der Waals surface area (Å²) >= 11 is 0. The predicted octanol–water partition coefficient (Wildman–Crippen LogP) is 3.04. The summed E-state index contributed by atoms with van der Waals surface area (Å²) in [5.41, 5.74) is 3.14. The molecule has 7 heteroatoms. The first kappa shape index (κ1) is 17.4. The number of benzene rings is 1. The fourth-order valence-electron chi connectivity index (χ4n) is 3.70. The molecule has 1 saturated carbocycles. The van der Waals surface area contributed by atoms with Gasteiger partial charge in [0.15, 0.2) is 0 Å². The first-order chi connectivity index (χ1) is 13.7. The number of anilines is 1. The molecule has 1 saturated heterocycles. The molecule has 0 bridgehead atoms. The molecule has 0 atom stereocenters. The van der Waals surface area contributed by atoms with Crippen molar-refractivity contribution >= 4 is 16.6 Å².